The van der Waals surface area contributed by atoms with Crippen LogP contribution < -0.4 is 4.74 Å². The number of allylic oxidation sites excluding steroid dienone is 1. The van der Waals surface area contributed by atoms with Crippen LogP contribution in [0.2, 0.25) is 5.02 Å². The van der Waals surface area contributed by atoms with Crippen molar-refractivity contribution in [2.24, 2.45) is 0 Å². The van der Waals surface area contributed by atoms with Crippen molar-refractivity contribution in [1.82, 2.24) is 4.90 Å². The summed E-state index contributed by atoms with van der Waals surface area (Å²) in [6.45, 7) is -0.499. The van der Waals surface area contributed by atoms with E-state index in [4.69, 9.17) is 16.3 Å². The molecule has 0 radical (unpaired) electrons. The first-order valence-electron chi connectivity index (χ1n) is 9.60. The fourth-order valence-electron chi connectivity index (χ4n) is 3.32. The fourth-order valence-corrected chi connectivity index (χ4v) is 3.45. The molecule has 0 saturated heterocycles. The number of fused-ring (bicyclic) bond motifs is 1. The average Bonchev–Trinajstić information content (AvgIpc) is 3.03. The number of rotatable bonds is 5. The van der Waals surface area contributed by atoms with Crippen molar-refractivity contribution in [3.8, 4) is 11.8 Å². The Morgan fingerprint density at radius 3 is 2.25 bits per heavy atom. The Morgan fingerprint density at radius 2 is 1.62 bits per heavy atom. The highest BCUT2D eigenvalue weighted by molar-refractivity contribution is 6.30. The normalized spacial score (nSPS) is 13.0. The van der Waals surface area contributed by atoms with Gasteiger partial charge in [0.15, 0.2) is 0 Å². The molecule has 32 heavy (non-hydrogen) atoms. The Labute approximate surface area is 188 Å². The largest absolute Gasteiger partial charge is 0.425 e. The van der Waals surface area contributed by atoms with E-state index >= 15 is 0 Å². The van der Waals surface area contributed by atoms with Crippen molar-refractivity contribution in [2.45, 2.75) is 0 Å². The van der Waals surface area contributed by atoms with Crippen LogP contribution in [0.4, 0.5) is 0 Å². The highest BCUT2D eigenvalue weighted by Crippen LogP contribution is 2.24. The maximum absolute atomic E-state index is 12.4. The van der Waals surface area contributed by atoms with E-state index in [2.05, 4.69) is 6.07 Å². The minimum absolute atomic E-state index is 0.230. The van der Waals surface area contributed by atoms with Crippen molar-refractivity contribution in [3.05, 3.63) is 100 Å². The lowest BCUT2D eigenvalue weighted by Crippen LogP contribution is -2.36. The third-order valence-electron chi connectivity index (χ3n) is 4.84. The van der Waals surface area contributed by atoms with Gasteiger partial charge in [-0.05, 0) is 53.6 Å². The molecule has 3 aromatic carbocycles. The van der Waals surface area contributed by atoms with E-state index in [9.17, 15) is 19.6 Å². The van der Waals surface area contributed by atoms with Crippen molar-refractivity contribution in [3.63, 3.8) is 0 Å². The molecule has 1 heterocycles. The number of esters is 1. The zero-order chi connectivity index (χ0) is 22.7. The quantitative estimate of drug-likeness (QED) is 0.189. The number of nitriles is 1. The zero-order valence-electron chi connectivity index (χ0n) is 16.6. The van der Waals surface area contributed by atoms with Crippen molar-refractivity contribution in [2.75, 3.05) is 6.54 Å². The monoisotopic (exact) mass is 442 g/mol. The molecule has 0 aliphatic carbocycles. The Kier molecular flexibility index (Phi) is 5.84. The molecular weight excluding hydrogens is 428 g/mol. The summed E-state index contributed by atoms with van der Waals surface area (Å²) in [6.07, 6.45) is 1.66. The van der Waals surface area contributed by atoms with Gasteiger partial charge in [0.2, 0.25) is 0 Å². The van der Waals surface area contributed by atoms with Crippen LogP contribution >= 0.6 is 11.6 Å². The number of carbonyl (C=O) groups excluding carboxylic acids is 3. The number of nitrogens with zero attached hydrogens (tertiary/aromatic N) is 2. The van der Waals surface area contributed by atoms with Gasteiger partial charge in [-0.2, -0.15) is 5.26 Å². The Hall–Kier alpha value is -4.21. The lowest BCUT2D eigenvalue weighted by Gasteiger charge is -2.13. The number of carbonyl (C=O) groups is 3. The van der Waals surface area contributed by atoms with Gasteiger partial charge in [-0.1, -0.05) is 48.0 Å². The molecule has 0 aromatic heterocycles. The summed E-state index contributed by atoms with van der Waals surface area (Å²) in [7, 11) is 0. The summed E-state index contributed by atoms with van der Waals surface area (Å²) in [5.74, 6) is -1.57. The van der Waals surface area contributed by atoms with Crippen molar-refractivity contribution < 1.29 is 19.1 Å². The average molecular weight is 443 g/mol. The maximum atomic E-state index is 12.4. The Balaban J connectivity index is 1.48. The van der Waals surface area contributed by atoms with Crippen molar-refractivity contribution in [1.29, 1.82) is 5.26 Å². The second-order valence-corrected chi connectivity index (χ2v) is 7.40. The number of hydrogen-bond donors (Lipinski definition) is 0. The third kappa shape index (κ3) is 4.29. The summed E-state index contributed by atoms with van der Waals surface area (Å²) < 4.78 is 5.33. The number of halogens is 1. The summed E-state index contributed by atoms with van der Waals surface area (Å²) >= 11 is 5.90. The molecule has 0 N–H and O–H groups in total. The van der Waals surface area contributed by atoms with Gasteiger partial charge in [0, 0.05) is 5.02 Å². The molecule has 7 heteroatoms. The zero-order valence-corrected chi connectivity index (χ0v) is 17.4. The molecule has 0 atom stereocenters. The van der Waals surface area contributed by atoms with Crippen LogP contribution in [0.25, 0.3) is 11.6 Å². The molecule has 1 aliphatic rings. The predicted octanol–water partition coefficient (Wildman–Crippen LogP) is 4.61. The molecule has 3 aromatic rings. The lowest BCUT2D eigenvalue weighted by atomic mass is 10.0. The van der Waals surface area contributed by atoms with Gasteiger partial charge in [0.05, 0.1) is 22.8 Å². The van der Waals surface area contributed by atoms with E-state index < -0.39 is 24.3 Å². The maximum Gasteiger partial charge on any atom is 0.331 e. The van der Waals surface area contributed by atoms with E-state index in [0.717, 1.165) is 4.90 Å². The SMILES string of the molecule is N#C/C(=C/c1cccc(OC(=O)CN2C(=O)c3ccccc3C2=O)c1)c1ccc(Cl)cc1. The molecule has 0 saturated carbocycles. The fraction of sp³-hybridized carbons (Fsp3) is 0.0400. The first-order valence-corrected chi connectivity index (χ1v) is 9.98. The smallest absolute Gasteiger partial charge is 0.331 e. The van der Waals surface area contributed by atoms with Crippen LogP contribution in [0.1, 0.15) is 31.8 Å². The number of amides is 2. The molecule has 2 amide bonds. The van der Waals surface area contributed by atoms with Crippen LogP contribution in [-0.4, -0.2) is 29.2 Å². The summed E-state index contributed by atoms with van der Waals surface area (Å²) in [4.78, 5) is 38.1. The number of benzene rings is 3. The summed E-state index contributed by atoms with van der Waals surface area (Å²) in [5.41, 5.74) is 2.29. The van der Waals surface area contributed by atoms with Crippen LogP contribution in [0.3, 0.4) is 0 Å². The Morgan fingerprint density at radius 1 is 0.969 bits per heavy atom. The molecule has 0 unspecified atom stereocenters. The van der Waals surface area contributed by atoms with Gasteiger partial charge in [-0.25, -0.2) is 4.79 Å². The summed E-state index contributed by atoms with van der Waals surface area (Å²) in [6, 6.07) is 22.0. The number of hydrogen-bond acceptors (Lipinski definition) is 5. The summed E-state index contributed by atoms with van der Waals surface area (Å²) in [5, 5.41) is 10.1. The van der Waals surface area contributed by atoms with Gasteiger partial charge in [0.25, 0.3) is 11.8 Å². The van der Waals surface area contributed by atoms with Crippen LogP contribution in [0.15, 0.2) is 72.8 Å². The minimum Gasteiger partial charge on any atom is -0.425 e. The van der Waals surface area contributed by atoms with Crippen molar-refractivity contribution >= 4 is 41.0 Å². The first kappa shape index (κ1) is 21.0. The van der Waals surface area contributed by atoms with Gasteiger partial charge in [-0.15, -0.1) is 0 Å². The highest BCUT2D eigenvalue weighted by atomic mass is 35.5. The molecule has 1 aliphatic heterocycles. The second kappa shape index (κ2) is 8.88. The molecule has 4 rings (SSSR count). The van der Waals surface area contributed by atoms with Crippen LogP contribution in [-0.2, 0) is 4.79 Å². The van der Waals surface area contributed by atoms with Crippen LogP contribution in [0.5, 0.6) is 5.75 Å². The number of ether oxygens (including phenoxy) is 1. The standard InChI is InChI=1S/C25H15ClN2O4/c26-19-10-8-17(9-11-19)18(14-27)12-16-4-3-5-20(13-16)32-23(29)15-28-24(30)21-6-1-2-7-22(21)25(28)31/h1-13H,15H2/b18-12-. The van der Waals surface area contributed by atoms with E-state index in [1.54, 1.807) is 78.9 Å². The van der Waals surface area contributed by atoms with Gasteiger partial charge in [-0.3, -0.25) is 14.5 Å². The van der Waals surface area contributed by atoms with Gasteiger partial charge in [0.1, 0.15) is 12.3 Å². The highest BCUT2D eigenvalue weighted by Gasteiger charge is 2.36. The first-order chi connectivity index (χ1) is 15.5. The molecule has 6 nitrogen and oxygen atoms in total. The number of imide groups is 1. The second-order valence-electron chi connectivity index (χ2n) is 6.97. The molecular formula is C25H15ClN2O4. The van der Waals surface area contributed by atoms with Gasteiger partial charge < -0.3 is 4.74 Å². The molecule has 0 fully saturated rings. The molecule has 156 valence electrons. The minimum atomic E-state index is -0.751. The Bertz CT molecular complexity index is 1270. The topological polar surface area (TPSA) is 87.5 Å². The van der Waals surface area contributed by atoms with Crippen LogP contribution in [0, 0.1) is 11.3 Å². The van der Waals surface area contributed by atoms with E-state index in [0.29, 0.717) is 21.7 Å². The molecule has 0 bridgehead atoms. The van der Waals surface area contributed by atoms with Gasteiger partial charge >= 0.3 is 5.97 Å². The lowest BCUT2D eigenvalue weighted by molar-refractivity contribution is -0.134. The van der Waals surface area contributed by atoms with E-state index in [-0.39, 0.29) is 16.9 Å². The molecule has 0 spiro atoms. The van der Waals surface area contributed by atoms with E-state index in [1.165, 1.54) is 0 Å². The van der Waals surface area contributed by atoms with E-state index in [1.807, 2.05) is 0 Å². The predicted molar refractivity (Wildman–Crippen MR) is 119 cm³/mol. The third-order valence-corrected chi connectivity index (χ3v) is 5.09.